The van der Waals surface area contributed by atoms with Crippen molar-refractivity contribution in [2.24, 2.45) is 0 Å². The molecule has 1 amide bonds. The molecule has 98 valence electrons. The van der Waals surface area contributed by atoms with Crippen molar-refractivity contribution in [2.75, 3.05) is 5.32 Å². The number of nitrogens with one attached hydrogen (secondary N) is 1. The van der Waals surface area contributed by atoms with Crippen LogP contribution in [-0.4, -0.2) is 15.8 Å². The van der Waals surface area contributed by atoms with Crippen LogP contribution in [-0.2, 0) is 0 Å². The Bertz CT molecular complexity index is 704. The molecule has 0 saturated heterocycles. The minimum atomic E-state index is -0.546. The van der Waals surface area contributed by atoms with Crippen LogP contribution < -0.4 is 5.32 Å². The Hall–Kier alpha value is -3.27. The monoisotopic (exact) mass is 268 g/mol. The molecule has 2 aromatic rings. The molecule has 20 heavy (non-hydrogen) atoms. The Balaban J connectivity index is 2.17. The van der Waals surface area contributed by atoms with Crippen LogP contribution in [0.25, 0.3) is 0 Å². The van der Waals surface area contributed by atoms with Crippen molar-refractivity contribution in [3.8, 4) is 6.07 Å². The standard InChI is InChI=1S/C13H8N4O3/c14-7-9-4-5-12(15-8-9)13(18)16-10-2-1-3-11(6-10)17(19)20/h1-6,8H,(H,16,18). The summed E-state index contributed by atoms with van der Waals surface area (Å²) < 4.78 is 0. The van der Waals surface area contributed by atoms with E-state index in [-0.39, 0.29) is 11.4 Å². The molecule has 0 unspecified atom stereocenters. The minimum Gasteiger partial charge on any atom is -0.320 e. The topological polar surface area (TPSA) is 109 Å². The average molecular weight is 268 g/mol. The van der Waals surface area contributed by atoms with E-state index in [1.54, 1.807) is 0 Å². The predicted octanol–water partition coefficient (Wildman–Crippen LogP) is 2.11. The first-order valence-electron chi connectivity index (χ1n) is 5.52. The average Bonchev–Trinajstić information content (AvgIpc) is 2.47. The SMILES string of the molecule is N#Cc1ccc(C(=O)Nc2cccc([N+](=O)[O-])c2)nc1. The molecule has 0 saturated carbocycles. The van der Waals surface area contributed by atoms with E-state index in [1.165, 1.54) is 42.6 Å². The summed E-state index contributed by atoms with van der Waals surface area (Å²) >= 11 is 0. The summed E-state index contributed by atoms with van der Waals surface area (Å²) in [6.07, 6.45) is 1.28. The predicted molar refractivity (Wildman–Crippen MR) is 70.0 cm³/mol. The Morgan fingerprint density at radius 1 is 1.35 bits per heavy atom. The van der Waals surface area contributed by atoms with Gasteiger partial charge < -0.3 is 5.32 Å². The molecule has 1 aromatic heterocycles. The van der Waals surface area contributed by atoms with E-state index in [1.807, 2.05) is 6.07 Å². The zero-order valence-corrected chi connectivity index (χ0v) is 10.1. The van der Waals surface area contributed by atoms with Crippen molar-refractivity contribution in [1.82, 2.24) is 4.98 Å². The Morgan fingerprint density at radius 2 is 2.15 bits per heavy atom. The van der Waals surface area contributed by atoms with Crippen molar-refractivity contribution in [1.29, 1.82) is 5.26 Å². The molecule has 7 heteroatoms. The van der Waals surface area contributed by atoms with Gasteiger partial charge in [0.2, 0.25) is 0 Å². The number of hydrogen-bond donors (Lipinski definition) is 1. The quantitative estimate of drug-likeness (QED) is 0.677. The highest BCUT2D eigenvalue weighted by atomic mass is 16.6. The Kier molecular flexibility index (Phi) is 3.67. The van der Waals surface area contributed by atoms with Crippen molar-refractivity contribution in [3.05, 3.63) is 64.0 Å². The number of benzene rings is 1. The van der Waals surface area contributed by atoms with Gasteiger partial charge in [0.25, 0.3) is 11.6 Å². The molecule has 0 atom stereocenters. The highest BCUT2D eigenvalue weighted by molar-refractivity contribution is 6.03. The number of nitro groups is 1. The number of non-ortho nitro benzene ring substituents is 1. The highest BCUT2D eigenvalue weighted by Gasteiger charge is 2.10. The van der Waals surface area contributed by atoms with E-state index in [9.17, 15) is 14.9 Å². The molecular weight excluding hydrogens is 260 g/mol. The van der Waals surface area contributed by atoms with E-state index < -0.39 is 10.8 Å². The van der Waals surface area contributed by atoms with Gasteiger partial charge in [-0.1, -0.05) is 6.07 Å². The van der Waals surface area contributed by atoms with Gasteiger partial charge in [-0.05, 0) is 18.2 Å². The number of nitro benzene ring substituents is 1. The summed E-state index contributed by atoms with van der Waals surface area (Å²) in [5.41, 5.74) is 0.651. The number of rotatable bonds is 3. The first-order valence-corrected chi connectivity index (χ1v) is 5.52. The zero-order valence-electron chi connectivity index (χ0n) is 10.1. The summed E-state index contributed by atoms with van der Waals surface area (Å²) in [4.78, 5) is 25.8. The van der Waals surface area contributed by atoms with Gasteiger partial charge in [0.15, 0.2) is 0 Å². The van der Waals surface area contributed by atoms with Crippen LogP contribution >= 0.6 is 0 Å². The molecule has 0 radical (unpaired) electrons. The first kappa shape index (κ1) is 13.2. The van der Waals surface area contributed by atoms with Crippen molar-refractivity contribution >= 4 is 17.3 Å². The first-order chi connectivity index (χ1) is 9.60. The molecule has 1 heterocycles. The number of pyridine rings is 1. The van der Waals surface area contributed by atoms with Crippen molar-refractivity contribution < 1.29 is 9.72 Å². The zero-order chi connectivity index (χ0) is 14.5. The lowest BCUT2D eigenvalue weighted by Crippen LogP contribution is -2.13. The van der Waals surface area contributed by atoms with Gasteiger partial charge in [-0.15, -0.1) is 0 Å². The fourth-order valence-electron chi connectivity index (χ4n) is 1.49. The molecule has 0 aliphatic rings. The molecule has 7 nitrogen and oxygen atoms in total. The summed E-state index contributed by atoms with van der Waals surface area (Å²) in [6.45, 7) is 0. The maximum absolute atomic E-state index is 11.9. The lowest BCUT2D eigenvalue weighted by Gasteiger charge is -2.04. The third-order valence-electron chi connectivity index (χ3n) is 2.44. The van der Waals surface area contributed by atoms with Crippen LogP contribution in [0.5, 0.6) is 0 Å². The van der Waals surface area contributed by atoms with Crippen LogP contribution in [0.2, 0.25) is 0 Å². The molecule has 1 aromatic carbocycles. The normalized spacial score (nSPS) is 9.55. The van der Waals surface area contributed by atoms with Crippen LogP contribution in [0.15, 0.2) is 42.6 Å². The number of carbonyl (C=O) groups is 1. The number of anilines is 1. The maximum atomic E-state index is 11.9. The van der Waals surface area contributed by atoms with E-state index in [0.717, 1.165) is 0 Å². The fourth-order valence-corrected chi connectivity index (χ4v) is 1.49. The third-order valence-corrected chi connectivity index (χ3v) is 2.44. The molecule has 2 rings (SSSR count). The minimum absolute atomic E-state index is 0.115. The fraction of sp³-hybridized carbons (Fsp3) is 0. The number of nitriles is 1. The number of amides is 1. The molecule has 0 bridgehead atoms. The van der Waals surface area contributed by atoms with Gasteiger partial charge in [0.1, 0.15) is 11.8 Å². The van der Waals surface area contributed by atoms with E-state index in [4.69, 9.17) is 5.26 Å². The number of nitrogens with zero attached hydrogens (tertiary/aromatic N) is 3. The second-order valence-corrected chi connectivity index (χ2v) is 3.81. The van der Waals surface area contributed by atoms with Gasteiger partial charge in [0.05, 0.1) is 10.5 Å². The second-order valence-electron chi connectivity index (χ2n) is 3.81. The number of aromatic nitrogens is 1. The van der Waals surface area contributed by atoms with Gasteiger partial charge in [-0.2, -0.15) is 5.26 Å². The van der Waals surface area contributed by atoms with Gasteiger partial charge in [-0.25, -0.2) is 4.98 Å². The summed E-state index contributed by atoms with van der Waals surface area (Å²) in [5, 5.41) is 21.8. The highest BCUT2D eigenvalue weighted by Crippen LogP contribution is 2.17. The van der Waals surface area contributed by atoms with E-state index >= 15 is 0 Å². The van der Waals surface area contributed by atoms with Crippen LogP contribution in [0.3, 0.4) is 0 Å². The Morgan fingerprint density at radius 3 is 2.75 bits per heavy atom. The molecule has 0 spiro atoms. The van der Waals surface area contributed by atoms with Crippen LogP contribution in [0.4, 0.5) is 11.4 Å². The van der Waals surface area contributed by atoms with Crippen molar-refractivity contribution in [2.45, 2.75) is 0 Å². The van der Waals surface area contributed by atoms with Gasteiger partial charge >= 0.3 is 0 Å². The second kappa shape index (κ2) is 5.58. The maximum Gasteiger partial charge on any atom is 0.274 e. The summed E-state index contributed by atoms with van der Waals surface area (Å²) in [7, 11) is 0. The molecule has 1 N–H and O–H groups in total. The van der Waals surface area contributed by atoms with Gasteiger partial charge in [-0.3, -0.25) is 14.9 Å². The van der Waals surface area contributed by atoms with Crippen molar-refractivity contribution in [3.63, 3.8) is 0 Å². The van der Waals surface area contributed by atoms with Crippen LogP contribution in [0, 0.1) is 21.4 Å². The molecule has 0 fully saturated rings. The van der Waals surface area contributed by atoms with E-state index in [0.29, 0.717) is 11.3 Å². The molecule has 0 aliphatic carbocycles. The summed E-state index contributed by atoms with van der Waals surface area (Å²) in [5.74, 6) is -0.505. The molecular formula is C13H8N4O3. The third kappa shape index (κ3) is 2.94. The number of hydrogen-bond acceptors (Lipinski definition) is 5. The Labute approximate surface area is 113 Å². The lowest BCUT2D eigenvalue weighted by molar-refractivity contribution is -0.384. The summed E-state index contributed by atoms with van der Waals surface area (Å²) in [6, 6.07) is 10.4. The lowest BCUT2D eigenvalue weighted by atomic mass is 10.2. The van der Waals surface area contributed by atoms with Crippen LogP contribution in [0.1, 0.15) is 16.1 Å². The van der Waals surface area contributed by atoms with E-state index in [2.05, 4.69) is 10.3 Å². The smallest absolute Gasteiger partial charge is 0.274 e. The molecule has 0 aliphatic heterocycles. The largest absolute Gasteiger partial charge is 0.320 e. The number of carbonyl (C=O) groups excluding carboxylic acids is 1. The van der Waals surface area contributed by atoms with Gasteiger partial charge in [0, 0.05) is 24.0 Å².